The van der Waals surface area contributed by atoms with Crippen LogP contribution in [0.4, 0.5) is 11.4 Å². The van der Waals surface area contributed by atoms with Crippen molar-refractivity contribution >= 4 is 50.2 Å². The minimum atomic E-state index is -4.34. The minimum absolute atomic E-state index is 0.00390. The van der Waals surface area contributed by atoms with Gasteiger partial charge in [0.1, 0.15) is 11.5 Å². The van der Waals surface area contributed by atoms with E-state index < -0.39 is 20.9 Å². The van der Waals surface area contributed by atoms with Crippen LogP contribution in [0.5, 0.6) is 11.5 Å². The van der Waals surface area contributed by atoms with E-state index in [1.165, 1.54) is 53.7 Å². The van der Waals surface area contributed by atoms with Crippen LogP contribution >= 0.6 is 0 Å². The van der Waals surface area contributed by atoms with Gasteiger partial charge in [0.05, 0.1) is 42.0 Å². The number of hydrogen-bond donors (Lipinski definition) is 3. The number of nitro groups is 1. The molecule has 2 bridgehead atoms. The third-order valence-electron chi connectivity index (χ3n) is 16.2. The number of rotatable bonds is 33. The summed E-state index contributed by atoms with van der Waals surface area (Å²) < 4.78 is 45.9. The molecule has 5 aromatic rings. The van der Waals surface area contributed by atoms with Crippen LogP contribution in [-0.4, -0.2) is 91.1 Å². The zero-order valence-corrected chi connectivity index (χ0v) is 48.3. The Kier molecular flexibility index (Phi) is 21.3. The highest BCUT2D eigenvalue weighted by atomic mass is 32.2. The lowest BCUT2D eigenvalue weighted by atomic mass is 9.45. The molecule has 434 valence electrons. The normalized spacial score (nSPS) is 16.3. The lowest BCUT2D eigenvalue weighted by Crippen LogP contribution is -2.52. The van der Waals surface area contributed by atoms with E-state index in [-0.39, 0.29) is 68.7 Å². The fraction of sp³-hybridized carbons (Fsp3) is 0.525. The van der Waals surface area contributed by atoms with Crippen molar-refractivity contribution in [2.24, 2.45) is 22.4 Å². The predicted octanol–water partition coefficient (Wildman–Crippen LogP) is 11.7. The second kappa shape index (κ2) is 28.2. The van der Waals surface area contributed by atoms with Crippen molar-refractivity contribution in [3.63, 3.8) is 0 Å². The number of sulfonamides is 1. The first-order valence-electron chi connectivity index (χ1n) is 28.1. The molecular formula is C59H77N11O10S. The molecule has 22 heteroatoms. The lowest BCUT2D eigenvalue weighted by Gasteiger charge is -2.59. The summed E-state index contributed by atoms with van der Waals surface area (Å²) in [4.78, 5) is 57.7. The first-order valence-corrected chi connectivity index (χ1v) is 29.6. The Labute approximate surface area is 474 Å². The van der Waals surface area contributed by atoms with Gasteiger partial charge in [0, 0.05) is 73.2 Å². The van der Waals surface area contributed by atoms with Gasteiger partial charge in [-0.05, 0) is 144 Å². The average molecular weight is 1130 g/mol. The summed E-state index contributed by atoms with van der Waals surface area (Å²) in [7, 11) is -0.897. The van der Waals surface area contributed by atoms with E-state index in [0.717, 1.165) is 72.7 Å². The largest absolute Gasteiger partial charge is 0.496 e. The maximum atomic E-state index is 14.0. The zero-order chi connectivity index (χ0) is 58.2. The Morgan fingerprint density at radius 3 is 2.25 bits per heavy atom. The molecule has 81 heavy (non-hydrogen) atoms. The van der Waals surface area contributed by atoms with Gasteiger partial charge in [0.25, 0.3) is 15.9 Å². The van der Waals surface area contributed by atoms with Crippen LogP contribution in [0.1, 0.15) is 157 Å². The number of aromatic nitrogens is 3. The molecule has 1 fully saturated rings. The van der Waals surface area contributed by atoms with Gasteiger partial charge in [-0.25, -0.2) is 17.4 Å². The number of hydrogen-bond acceptors (Lipinski definition) is 15. The van der Waals surface area contributed by atoms with Crippen LogP contribution in [0.2, 0.25) is 0 Å². The molecule has 0 unspecified atom stereocenters. The Bertz CT molecular complexity index is 3150. The van der Waals surface area contributed by atoms with Crippen LogP contribution in [0, 0.1) is 27.4 Å². The second-order valence-electron chi connectivity index (χ2n) is 22.3. The molecule has 1 saturated carbocycles. The summed E-state index contributed by atoms with van der Waals surface area (Å²) in [6.07, 6.45) is 14.9. The van der Waals surface area contributed by atoms with Crippen molar-refractivity contribution in [1.29, 1.82) is 0 Å². The lowest BCUT2D eigenvalue weighted by molar-refractivity contribution is -0.383. The van der Waals surface area contributed by atoms with E-state index in [9.17, 15) is 32.9 Å². The van der Waals surface area contributed by atoms with E-state index >= 15 is 0 Å². The smallest absolute Gasteiger partial charge is 0.300 e. The van der Waals surface area contributed by atoms with Crippen LogP contribution in [-0.2, 0) is 31.6 Å². The quantitative estimate of drug-likeness (QED) is 0.00670. The number of nitro benzene ring substituents is 1. The monoisotopic (exact) mass is 1130 g/mol. The number of azide groups is 1. The predicted molar refractivity (Wildman–Crippen MR) is 308 cm³/mol. The number of unbranched alkanes of at least 4 members (excludes halogenated alkanes) is 8. The Balaban J connectivity index is 0.837. The van der Waals surface area contributed by atoms with Gasteiger partial charge in [0.2, 0.25) is 17.3 Å². The summed E-state index contributed by atoms with van der Waals surface area (Å²) in [5, 5.41) is 31.7. The molecule has 3 amide bonds. The van der Waals surface area contributed by atoms with Crippen molar-refractivity contribution in [3.8, 4) is 11.5 Å². The number of amides is 3. The van der Waals surface area contributed by atoms with Crippen LogP contribution < -0.4 is 25.4 Å². The molecule has 3 aliphatic carbocycles. The molecular weight excluding hydrogens is 1050 g/mol. The first kappa shape index (κ1) is 61.0. The van der Waals surface area contributed by atoms with E-state index in [4.69, 9.17) is 19.6 Å². The number of non-ortho nitro benzene ring substituents is 1. The van der Waals surface area contributed by atoms with E-state index in [1.807, 2.05) is 0 Å². The van der Waals surface area contributed by atoms with Crippen LogP contribution in [0.25, 0.3) is 21.5 Å². The molecule has 3 atom stereocenters. The van der Waals surface area contributed by atoms with Crippen molar-refractivity contribution < 1.29 is 41.8 Å². The van der Waals surface area contributed by atoms with Crippen molar-refractivity contribution in [2.45, 2.75) is 147 Å². The molecule has 0 spiro atoms. The Morgan fingerprint density at radius 1 is 0.877 bits per heavy atom. The fourth-order valence-corrected chi connectivity index (χ4v) is 12.8. The highest BCUT2D eigenvalue weighted by Gasteiger charge is 2.56. The molecule has 0 radical (unpaired) electrons. The number of methoxy groups -OCH3 is 2. The van der Waals surface area contributed by atoms with Crippen molar-refractivity contribution in [3.05, 3.63) is 128 Å². The van der Waals surface area contributed by atoms with Gasteiger partial charge < -0.3 is 25.4 Å². The molecule has 3 aromatic carbocycles. The zero-order valence-electron chi connectivity index (χ0n) is 47.4. The highest BCUT2D eigenvalue weighted by molar-refractivity contribution is 7.89. The highest BCUT2D eigenvalue weighted by Crippen LogP contribution is 2.65. The molecule has 0 saturated heterocycles. The Morgan fingerprint density at radius 2 is 1.56 bits per heavy atom. The molecule has 2 heterocycles. The maximum absolute atomic E-state index is 14.0. The van der Waals surface area contributed by atoms with Gasteiger partial charge in [-0.3, -0.25) is 29.5 Å². The molecule has 3 aliphatic rings. The number of ether oxygens (including phenoxy) is 2. The molecule has 8 rings (SSSR count). The van der Waals surface area contributed by atoms with Crippen LogP contribution in [0.3, 0.4) is 0 Å². The van der Waals surface area contributed by atoms with Crippen molar-refractivity contribution in [2.75, 3.05) is 45.7 Å². The number of benzene rings is 3. The topological polar surface area (TPSA) is 287 Å². The molecule has 0 aliphatic heterocycles. The summed E-state index contributed by atoms with van der Waals surface area (Å²) in [6.45, 7) is 10.8. The molecule has 2 aromatic heterocycles. The number of carbonyl (C=O) groups is 3. The average Bonchev–Trinajstić information content (AvgIpc) is 4.13. The van der Waals surface area contributed by atoms with Gasteiger partial charge >= 0.3 is 5.69 Å². The SMILES string of the molecule is COc1cc(C(C)(C)CCCCCCN=[N+]=[N-])cc(OC)c1[C@H]1C=C(CNC(=O)CCCCCCNC(=O)c2ccc(S(=O)(=O)N(Cc3ccccn3)C(=O)CCCCCNc3ccc([N+](=O)[O-])c4nonc34)cc2)[C@H]2C[C@@H]1C2(C)C. The van der Waals surface area contributed by atoms with E-state index in [2.05, 4.69) is 87.2 Å². The Hall–Kier alpha value is -7.58. The summed E-state index contributed by atoms with van der Waals surface area (Å²) >= 11 is 0. The molecule has 21 nitrogen and oxygen atoms in total. The number of carbonyl (C=O) groups excluding carboxylic acids is 3. The van der Waals surface area contributed by atoms with Crippen LogP contribution in [0.15, 0.2) is 99.2 Å². The number of anilines is 1. The standard InChI is InChI=1S/C59H77N11O10S/c1-58(2,29-15-8-10-18-33-65-68-60)42-35-50(78-5)54(51(36-42)79-6)45-34-41(46-37-47(45)59(46,3)4)38-64-52(71)21-12-7-9-16-32-63-57(73)40-23-25-44(26-24-40)81(76,77)69(39-43-20-14-19-30-61-43)53(72)22-13-11-17-31-62-48-27-28-49(70(74)75)56-55(48)66-80-67-56/h14,19-20,23-28,30,34-36,45-47,62H,7-13,15-18,21-22,29,31-33,37-39H2,1-6H3,(H,63,73)(H,64,71)/t45-,46+,47-/m0/s1. The third kappa shape index (κ3) is 15.3. The number of pyridine rings is 1. The maximum Gasteiger partial charge on any atom is 0.300 e. The van der Waals surface area contributed by atoms with Gasteiger partial charge in [-0.1, -0.05) is 89.0 Å². The van der Waals surface area contributed by atoms with E-state index in [1.54, 1.807) is 32.4 Å². The third-order valence-corrected chi connectivity index (χ3v) is 18.0. The number of allylic oxidation sites excluding steroid dienone is 1. The molecule has 3 N–H and O–H groups in total. The van der Waals surface area contributed by atoms with Crippen molar-refractivity contribution in [1.82, 2.24) is 30.2 Å². The van der Waals surface area contributed by atoms with E-state index in [0.29, 0.717) is 87.9 Å². The number of nitrogens with one attached hydrogen (secondary N) is 3. The fourth-order valence-electron chi connectivity index (χ4n) is 11.4. The van der Waals surface area contributed by atoms with Gasteiger partial charge in [0.15, 0.2) is 5.52 Å². The van der Waals surface area contributed by atoms with Gasteiger partial charge in [-0.2, -0.15) is 0 Å². The van der Waals surface area contributed by atoms with Gasteiger partial charge in [-0.15, -0.1) is 0 Å². The summed E-state index contributed by atoms with van der Waals surface area (Å²) in [5.74, 6) is 1.53. The first-order chi connectivity index (χ1) is 38.9. The second-order valence-corrected chi connectivity index (χ2v) is 24.2. The number of nitrogens with zero attached hydrogens (tertiary/aromatic N) is 8. The number of fused-ring (bicyclic) bond motifs is 2. The summed E-state index contributed by atoms with van der Waals surface area (Å²) in [6, 6.07) is 17.8. The summed E-state index contributed by atoms with van der Waals surface area (Å²) in [5.41, 5.74) is 13.1. The minimum Gasteiger partial charge on any atom is -0.496 e.